The van der Waals surface area contributed by atoms with Crippen LogP contribution in [0.4, 0.5) is 5.69 Å². The molecule has 0 radical (unpaired) electrons. The molecule has 0 unspecified atom stereocenters. The van der Waals surface area contributed by atoms with Gasteiger partial charge in [-0.2, -0.15) is 10.4 Å². The lowest BCUT2D eigenvalue weighted by molar-refractivity contribution is -0.384. The van der Waals surface area contributed by atoms with Crippen LogP contribution in [0.1, 0.15) is 25.3 Å². The lowest BCUT2D eigenvalue weighted by atomic mass is 9.98. The molecular formula is C25H23N5O3. The van der Waals surface area contributed by atoms with Crippen LogP contribution >= 0.6 is 0 Å². The van der Waals surface area contributed by atoms with Gasteiger partial charge in [0.25, 0.3) is 11.6 Å². The average molecular weight is 441 g/mol. The summed E-state index contributed by atoms with van der Waals surface area (Å²) in [5.74, 6) is 0.259. The van der Waals surface area contributed by atoms with Crippen LogP contribution in [0, 0.1) is 27.4 Å². The van der Waals surface area contributed by atoms with Crippen molar-refractivity contribution >= 4 is 17.7 Å². The Morgan fingerprint density at radius 2 is 1.91 bits per heavy atom. The molecule has 166 valence electrons. The van der Waals surface area contributed by atoms with Gasteiger partial charge >= 0.3 is 0 Å². The van der Waals surface area contributed by atoms with Crippen molar-refractivity contribution in [3.8, 4) is 23.0 Å². The summed E-state index contributed by atoms with van der Waals surface area (Å²) in [6.45, 7) is 3.41. The minimum absolute atomic E-state index is 0.0174. The quantitative estimate of drug-likeness (QED) is 0.249. The second-order valence-electron chi connectivity index (χ2n) is 8.17. The largest absolute Gasteiger partial charge is 0.338 e. The smallest absolute Gasteiger partial charge is 0.270 e. The summed E-state index contributed by atoms with van der Waals surface area (Å²) in [6, 6.07) is 17.6. The number of amides is 1. The van der Waals surface area contributed by atoms with E-state index in [2.05, 4.69) is 12.0 Å². The molecule has 8 heteroatoms. The zero-order chi connectivity index (χ0) is 23.4. The molecule has 8 nitrogen and oxygen atoms in total. The monoisotopic (exact) mass is 441 g/mol. The predicted octanol–water partition coefficient (Wildman–Crippen LogP) is 4.61. The van der Waals surface area contributed by atoms with Crippen molar-refractivity contribution in [2.24, 2.45) is 5.92 Å². The number of aromatic nitrogens is 2. The van der Waals surface area contributed by atoms with Crippen molar-refractivity contribution in [1.29, 1.82) is 5.26 Å². The van der Waals surface area contributed by atoms with E-state index in [1.54, 1.807) is 27.9 Å². The molecule has 1 saturated heterocycles. The van der Waals surface area contributed by atoms with Crippen molar-refractivity contribution in [3.63, 3.8) is 0 Å². The van der Waals surface area contributed by atoms with Gasteiger partial charge in [0.15, 0.2) is 0 Å². The Balaban J connectivity index is 1.78. The van der Waals surface area contributed by atoms with Crippen LogP contribution < -0.4 is 0 Å². The maximum atomic E-state index is 13.0. The van der Waals surface area contributed by atoms with Crippen molar-refractivity contribution < 1.29 is 9.72 Å². The molecule has 4 rings (SSSR count). The van der Waals surface area contributed by atoms with Crippen LogP contribution in [0.2, 0.25) is 0 Å². The van der Waals surface area contributed by atoms with E-state index in [9.17, 15) is 20.2 Å². The lowest BCUT2D eigenvalue weighted by Crippen LogP contribution is -2.38. The first-order valence-corrected chi connectivity index (χ1v) is 10.8. The summed E-state index contributed by atoms with van der Waals surface area (Å²) in [6.07, 6.45) is 5.08. The molecule has 2 aromatic carbocycles. The lowest BCUT2D eigenvalue weighted by Gasteiger charge is -2.30. The van der Waals surface area contributed by atoms with Gasteiger partial charge in [-0.1, -0.05) is 37.3 Å². The van der Waals surface area contributed by atoms with Crippen LogP contribution in [0.25, 0.3) is 23.0 Å². The van der Waals surface area contributed by atoms with Gasteiger partial charge in [0, 0.05) is 42.5 Å². The van der Waals surface area contributed by atoms with Crippen LogP contribution in [0.3, 0.4) is 0 Å². The Labute approximate surface area is 191 Å². The summed E-state index contributed by atoms with van der Waals surface area (Å²) in [5, 5.41) is 25.7. The van der Waals surface area contributed by atoms with Gasteiger partial charge in [-0.15, -0.1) is 0 Å². The molecule has 0 aliphatic carbocycles. The zero-order valence-electron chi connectivity index (χ0n) is 18.2. The molecule has 1 amide bonds. The SMILES string of the molecule is CC1CCN(C(=O)/C(C#N)=C\c2cn(-c3ccccc3)nc2-c2cccc([N+](=O)[O-])c2)CC1. The van der Waals surface area contributed by atoms with Crippen LogP contribution in [-0.2, 0) is 4.79 Å². The number of hydrogen-bond donors (Lipinski definition) is 0. The summed E-state index contributed by atoms with van der Waals surface area (Å²) >= 11 is 0. The summed E-state index contributed by atoms with van der Waals surface area (Å²) in [4.78, 5) is 25.6. The molecule has 1 fully saturated rings. The van der Waals surface area contributed by atoms with Crippen LogP contribution in [0.5, 0.6) is 0 Å². The summed E-state index contributed by atoms with van der Waals surface area (Å²) in [7, 11) is 0. The van der Waals surface area contributed by atoms with E-state index in [1.165, 1.54) is 18.2 Å². The minimum Gasteiger partial charge on any atom is -0.338 e. The number of para-hydroxylation sites is 1. The number of rotatable bonds is 5. The number of carbonyl (C=O) groups excluding carboxylic acids is 1. The number of carbonyl (C=O) groups is 1. The molecule has 0 atom stereocenters. The number of hydrogen-bond acceptors (Lipinski definition) is 5. The third-order valence-corrected chi connectivity index (χ3v) is 5.82. The van der Waals surface area contributed by atoms with Gasteiger partial charge in [0.1, 0.15) is 17.3 Å². The Bertz CT molecular complexity index is 1250. The standard InChI is InChI=1S/C25H23N5O3/c1-18-10-12-28(13-11-18)25(31)20(16-26)14-21-17-29(22-7-3-2-4-8-22)27-24(21)19-6-5-9-23(15-19)30(32)33/h2-9,14-15,17-18H,10-13H2,1H3/b20-14-. The number of piperidine rings is 1. The van der Waals surface area contributed by atoms with Gasteiger partial charge in [0.05, 0.1) is 10.6 Å². The molecule has 1 aromatic heterocycles. The molecule has 33 heavy (non-hydrogen) atoms. The topological polar surface area (TPSA) is 105 Å². The van der Waals surface area contributed by atoms with Gasteiger partial charge in [0.2, 0.25) is 0 Å². The number of non-ortho nitro benzene ring substituents is 1. The van der Waals surface area contributed by atoms with E-state index in [4.69, 9.17) is 0 Å². The molecule has 1 aliphatic rings. The third kappa shape index (κ3) is 4.83. The van der Waals surface area contributed by atoms with Crippen LogP contribution in [0.15, 0.2) is 66.4 Å². The predicted molar refractivity (Wildman–Crippen MR) is 124 cm³/mol. The Morgan fingerprint density at radius 1 is 1.18 bits per heavy atom. The van der Waals surface area contributed by atoms with Crippen molar-refractivity contribution in [3.05, 3.63) is 82.0 Å². The van der Waals surface area contributed by atoms with E-state index in [0.29, 0.717) is 35.8 Å². The molecule has 2 heterocycles. The fourth-order valence-electron chi connectivity index (χ4n) is 3.88. The highest BCUT2D eigenvalue weighted by Gasteiger charge is 2.24. The summed E-state index contributed by atoms with van der Waals surface area (Å²) < 4.78 is 1.64. The molecule has 0 N–H and O–H groups in total. The number of nitro benzene ring substituents is 1. The molecule has 3 aromatic rings. The first-order valence-electron chi connectivity index (χ1n) is 10.8. The van der Waals surface area contributed by atoms with Crippen molar-refractivity contribution in [2.45, 2.75) is 19.8 Å². The maximum Gasteiger partial charge on any atom is 0.270 e. The molecule has 0 spiro atoms. The first-order chi connectivity index (χ1) is 16.0. The van der Waals surface area contributed by atoms with E-state index < -0.39 is 4.92 Å². The number of nitro groups is 1. The first kappa shape index (κ1) is 22.0. The van der Waals surface area contributed by atoms with Crippen LogP contribution in [-0.4, -0.2) is 38.6 Å². The van der Waals surface area contributed by atoms with Crippen molar-refractivity contribution in [2.75, 3.05) is 13.1 Å². The van der Waals surface area contributed by atoms with E-state index in [-0.39, 0.29) is 17.2 Å². The third-order valence-electron chi connectivity index (χ3n) is 5.82. The Kier molecular flexibility index (Phi) is 6.31. The van der Waals surface area contributed by atoms with E-state index in [0.717, 1.165) is 18.5 Å². The highest BCUT2D eigenvalue weighted by molar-refractivity contribution is 6.02. The molecule has 1 aliphatic heterocycles. The average Bonchev–Trinajstić information content (AvgIpc) is 3.27. The normalized spacial score (nSPS) is 14.7. The summed E-state index contributed by atoms with van der Waals surface area (Å²) in [5.41, 5.74) is 2.27. The number of nitriles is 1. The highest BCUT2D eigenvalue weighted by atomic mass is 16.6. The van der Waals surface area contributed by atoms with Gasteiger partial charge < -0.3 is 4.90 Å². The highest BCUT2D eigenvalue weighted by Crippen LogP contribution is 2.29. The number of benzene rings is 2. The maximum absolute atomic E-state index is 13.0. The Morgan fingerprint density at radius 3 is 2.58 bits per heavy atom. The fourth-order valence-corrected chi connectivity index (χ4v) is 3.88. The van der Waals surface area contributed by atoms with Gasteiger partial charge in [-0.05, 0) is 37.0 Å². The second-order valence-corrected chi connectivity index (χ2v) is 8.17. The molecular weight excluding hydrogens is 418 g/mol. The molecule has 0 saturated carbocycles. The fraction of sp³-hybridized carbons (Fsp3) is 0.240. The minimum atomic E-state index is -0.464. The molecule has 0 bridgehead atoms. The Hall–Kier alpha value is -4.25. The van der Waals surface area contributed by atoms with E-state index >= 15 is 0 Å². The second kappa shape index (κ2) is 9.49. The zero-order valence-corrected chi connectivity index (χ0v) is 18.2. The van der Waals surface area contributed by atoms with Gasteiger partial charge in [-0.3, -0.25) is 14.9 Å². The van der Waals surface area contributed by atoms with Gasteiger partial charge in [-0.25, -0.2) is 4.68 Å². The van der Waals surface area contributed by atoms with Crippen molar-refractivity contribution in [1.82, 2.24) is 14.7 Å². The number of likely N-dealkylation sites (tertiary alicyclic amines) is 1. The van der Waals surface area contributed by atoms with E-state index in [1.807, 2.05) is 36.4 Å². The number of nitrogens with zero attached hydrogens (tertiary/aromatic N) is 5.